The van der Waals surface area contributed by atoms with Crippen LogP contribution in [-0.4, -0.2) is 16.5 Å². The molecule has 0 atom stereocenters. The molecule has 0 aliphatic heterocycles. The fourth-order valence-electron chi connectivity index (χ4n) is 3.44. The molecule has 0 N–H and O–H groups in total. The molecule has 2 nitrogen and oxygen atoms in total. The molecule has 0 spiro atoms. The highest BCUT2D eigenvalue weighted by Crippen LogP contribution is 2.33. The van der Waals surface area contributed by atoms with Gasteiger partial charge in [0.05, 0.1) is 6.61 Å². The Bertz CT molecular complexity index is 398. The lowest BCUT2D eigenvalue weighted by molar-refractivity contribution is -0.137. The molecule has 0 saturated carbocycles. The highest BCUT2D eigenvalue weighted by molar-refractivity contribution is 9.72. The molecule has 0 aliphatic carbocycles. The molecular weight excluding hydrogens is 576 g/mol. The first kappa shape index (κ1) is 29.9. The molecule has 29 heavy (non-hydrogen) atoms. The number of allylic oxidation sites excluding steroid dienone is 1. The van der Waals surface area contributed by atoms with Crippen molar-refractivity contribution in [2.75, 3.05) is 6.61 Å². The van der Waals surface area contributed by atoms with Crippen LogP contribution in [0, 0.1) is 0 Å². The SMILES string of the molecule is CC=CC(=O)OCCCCCCCCCCCCCCCCCCC[Si](Br)(Br)Br. The number of unbranched alkanes of at least 4 members (excludes halogenated alkanes) is 16. The molecule has 0 fully saturated rings. The zero-order chi connectivity index (χ0) is 21.6. The van der Waals surface area contributed by atoms with Gasteiger partial charge in [0.1, 0.15) is 0 Å². The first-order valence-corrected chi connectivity index (χ1v) is 20.8. The third-order valence-corrected chi connectivity index (χ3v) is 9.64. The summed E-state index contributed by atoms with van der Waals surface area (Å²) in [5.41, 5.74) is 0. The Morgan fingerprint density at radius 1 is 0.655 bits per heavy atom. The van der Waals surface area contributed by atoms with Crippen molar-refractivity contribution in [3.05, 3.63) is 12.2 Å². The van der Waals surface area contributed by atoms with Gasteiger partial charge in [-0.25, -0.2) is 4.79 Å². The fourth-order valence-corrected chi connectivity index (χ4v) is 6.61. The Morgan fingerprint density at radius 3 is 1.34 bits per heavy atom. The zero-order valence-corrected chi connectivity index (χ0v) is 24.3. The summed E-state index contributed by atoms with van der Waals surface area (Å²) in [6.07, 6.45) is 26.2. The normalized spacial score (nSPS) is 12.0. The molecule has 0 amide bonds. The van der Waals surface area contributed by atoms with Crippen LogP contribution in [0.5, 0.6) is 0 Å². The van der Waals surface area contributed by atoms with Crippen LogP contribution in [0.2, 0.25) is 6.04 Å². The predicted molar refractivity (Wildman–Crippen MR) is 142 cm³/mol. The Labute approximate surface area is 205 Å². The maximum Gasteiger partial charge on any atom is 0.330 e. The first-order valence-electron chi connectivity index (χ1n) is 11.8. The second-order valence-corrected chi connectivity index (χ2v) is 31.5. The van der Waals surface area contributed by atoms with Crippen LogP contribution in [0.25, 0.3) is 0 Å². The Balaban J connectivity index is 3.09. The van der Waals surface area contributed by atoms with Crippen LogP contribution in [0.1, 0.15) is 116 Å². The van der Waals surface area contributed by atoms with Crippen LogP contribution in [-0.2, 0) is 9.53 Å². The molecule has 0 radical (unpaired) electrons. The van der Waals surface area contributed by atoms with E-state index in [1.165, 1.54) is 115 Å². The van der Waals surface area contributed by atoms with Crippen molar-refractivity contribution in [3.63, 3.8) is 0 Å². The van der Waals surface area contributed by atoms with Crippen molar-refractivity contribution in [3.8, 4) is 0 Å². The average molecular weight is 619 g/mol. The van der Waals surface area contributed by atoms with Gasteiger partial charge in [-0.15, -0.1) is 0 Å². The van der Waals surface area contributed by atoms with Crippen molar-refractivity contribution in [2.45, 2.75) is 122 Å². The molecule has 0 heterocycles. The molecule has 0 saturated heterocycles. The third-order valence-electron chi connectivity index (χ3n) is 5.15. The van der Waals surface area contributed by atoms with E-state index in [0.29, 0.717) is 6.61 Å². The molecule has 0 aromatic carbocycles. The first-order chi connectivity index (χ1) is 14.0. The maximum atomic E-state index is 11.1. The monoisotopic (exact) mass is 616 g/mol. The van der Waals surface area contributed by atoms with Crippen LogP contribution in [0.15, 0.2) is 12.2 Å². The molecule has 0 rings (SSSR count). The number of rotatable bonds is 21. The van der Waals surface area contributed by atoms with Gasteiger partial charge in [-0.2, -0.15) is 0 Å². The lowest BCUT2D eigenvalue weighted by Crippen LogP contribution is -2.04. The van der Waals surface area contributed by atoms with E-state index >= 15 is 0 Å². The molecular formula is C23H43Br3O2Si. The second kappa shape index (κ2) is 22.1. The smallest absolute Gasteiger partial charge is 0.330 e. The standard InChI is InChI=1S/C23H43Br3O2Si/c1-2-20-23(27)28-21-18-16-14-12-10-8-6-4-3-5-7-9-11-13-15-17-19-22-29(24,25)26/h2,20H,3-19,21-22H2,1H3. The summed E-state index contributed by atoms with van der Waals surface area (Å²) in [4.78, 5) is 11.1. The molecule has 0 aromatic rings. The molecule has 172 valence electrons. The zero-order valence-electron chi connectivity index (χ0n) is 18.5. The third kappa shape index (κ3) is 26.8. The average Bonchev–Trinajstić information content (AvgIpc) is 2.65. The maximum absolute atomic E-state index is 11.1. The van der Waals surface area contributed by atoms with Gasteiger partial charge in [0.2, 0.25) is 0 Å². The van der Waals surface area contributed by atoms with E-state index in [-0.39, 0.29) is 5.97 Å². The van der Waals surface area contributed by atoms with Crippen LogP contribution < -0.4 is 0 Å². The predicted octanol–water partition coefficient (Wildman–Crippen LogP) is 9.86. The summed E-state index contributed by atoms with van der Waals surface area (Å²) >= 11 is 11.1. The van der Waals surface area contributed by atoms with Gasteiger partial charge < -0.3 is 4.74 Å². The number of carbonyl (C=O) groups excluding carboxylic acids is 1. The van der Waals surface area contributed by atoms with Gasteiger partial charge in [0.15, 0.2) is 0 Å². The van der Waals surface area contributed by atoms with Crippen LogP contribution in [0.4, 0.5) is 0 Å². The fraction of sp³-hybridized carbons (Fsp3) is 0.870. The quantitative estimate of drug-likeness (QED) is 0.0421. The highest BCUT2D eigenvalue weighted by Gasteiger charge is 2.20. The lowest BCUT2D eigenvalue weighted by atomic mass is 10.0. The Hall–Kier alpha value is 0.867. The Morgan fingerprint density at radius 2 is 1.00 bits per heavy atom. The summed E-state index contributed by atoms with van der Waals surface area (Å²) in [5, 5.41) is 0. The topological polar surface area (TPSA) is 26.3 Å². The van der Waals surface area contributed by atoms with Crippen molar-refractivity contribution in [2.24, 2.45) is 0 Å². The van der Waals surface area contributed by atoms with Crippen LogP contribution in [0.3, 0.4) is 0 Å². The second-order valence-electron chi connectivity index (χ2n) is 8.04. The number of halogens is 3. The number of ether oxygens (including phenoxy) is 1. The summed E-state index contributed by atoms with van der Waals surface area (Å²) in [5.74, 6) is -0.212. The van der Waals surface area contributed by atoms with Crippen LogP contribution >= 0.6 is 45.9 Å². The van der Waals surface area contributed by atoms with E-state index < -0.39 is 3.93 Å². The summed E-state index contributed by atoms with van der Waals surface area (Å²) in [6.45, 7) is 2.40. The van der Waals surface area contributed by atoms with Crippen molar-refractivity contribution >= 4 is 55.8 Å². The molecule has 0 aliphatic rings. The Kier molecular flexibility index (Phi) is 22.7. The van der Waals surface area contributed by atoms with Crippen molar-refractivity contribution in [1.29, 1.82) is 0 Å². The van der Waals surface area contributed by atoms with Gasteiger partial charge in [0, 0.05) is 6.08 Å². The number of hydrogen-bond donors (Lipinski definition) is 0. The number of esters is 1. The van der Waals surface area contributed by atoms with Crippen molar-refractivity contribution in [1.82, 2.24) is 0 Å². The highest BCUT2D eigenvalue weighted by atomic mass is 80.0. The largest absolute Gasteiger partial charge is 0.463 e. The molecule has 0 unspecified atom stereocenters. The lowest BCUT2D eigenvalue weighted by Gasteiger charge is -2.08. The van der Waals surface area contributed by atoms with Gasteiger partial charge in [0.25, 0.3) is 3.93 Å². The van der Waals surface area contributed by atoms with Crippen molar-refractivity contribution < 1.29 is 9.53 Å². The molecule has 6 heteroatoms. The minimum Gasteiger partial charge on any atom is -0.463 e. The minimum atomic E-state index is -1.35. The van der Waals surface area contributed by atoms with Gasteiger partial charge in [-0.3, -0.25) is 0 Å². The minimum absolute atomic E-state index is 0.212. The summed E-state index contributed by atoms with van der Waals surface area (Å²) < 4.78 is 3.74. The number of carbonyl (C=O) groups is 1. The van der Waals surface area contributed by atoms with Gasteiger partial charge >= 0.3 is 5.97 Å². The molecule has 0 aromatic heterocycles. The van der Waals surface area contributed by atoms with E-state index in [0.717, 1.165) is 6.42 Å². The summed E-state index contributed by atoms with van der Waals surface area (Å²) in [6, 6.07) is 1.27. The van der Waals surface area contributed by atoms with E-state index in [9.17, 15) is 4.79 Å². The summed E-state index contributed by atoms with van der Waals surface area (Å²) in [7, 11) is 0. The van der Waals surface area contributed by atoms with Gasteiger partial charge in [-0.1, -0.05) is 155 Å². The van der Waals surface area contributed by atoms with E-state index in [1.807, 2.05) is 6.92 Å². The van der Waals surface area contributed by atoms with E-state index in [4.69, 9.17) is 4.74 Å². The van der Waals surface area contributed by atoms with E-state index in [2.05, 4.69) is 45.9 Å². The molecule has 0 bridgehead atoms. The van der Waals surface area contributed by atoms with Gasteiger partial charge in [-0.05, 0) is 19.4 Å². The number of hydrogen-bond acceptors (Lipinski definition) is 2. The van der Waals surface area contributed by atoms with E-state index in [1.54, 1.807) is 6.08 Å².